The molecule has 4 unspecified atom stereocenters. The molecule has 2 bridgehead atoms. The second-order valence-electron chi connectivity index (χ2n) is 6.28. The largest absolute Gasteiger partial charge is 0.502 e. The van der Waals surface area contributed by atoms with Crippen LogP contribution in [0.2, 0.25) is 0 Å². The Kier molecular flexibility index (Phi) is 2.81. The van der Waals surface area contributed by atoms with Crippen LogP contribution in [0.3, 0.4) is 0 Å². The van der Waals surface area contributed by atoms with Crippen LogP contribution in [-0.2, 0) is 9.59 Å². The smallest absolute Gasteiger partial charge is 0.312 e. The van der Waals surface area contributed by atoms with Crippen molar-refractivity contribution in [2.24, 2.45) is 23.7 Å². The molecule has 23 heavy (non-hydrogen) atoms. The van der Waals surface area contributed by atoms with Crippen LogP contribution in [0.4, 0.5) is 11.4 Å². The van der Waals surface area contributed by atoms with Crippen molar-refractivity contribution in [1.82, 2.24) is 0 Å². The number of allylic oxidation sites excluding steroid dienone is 2. The number of nitro groups is 1. The fourth-order valence-corrected chi connectivity index (χ4v) is 4.13. The maximum atomic E-state index is 12.7. The van der Waals surface area contributed by atoms with Gasteiger partial charge in [0.2, 0.25) is 11.8 Å². The summed E-state index contributed by atoms with van der Waals surface area (Å²) in [5.41, 5.74) is -0.364. The molecule has 1 saturated heterocycles. The number of nitro benzene ring substituents is 1. The minimum absolute atomic E-state index is 0.0681. The molecule has 1 heterocycles. The molecule has 118 valence electrons. The number of rotatable bonds is 2. The van der Waals surface area contributed by atoms with Gasteiger partial charge in [0, 0.05) is 6.07 Å². The van der Waals surface area contributed by atoms with Gasteiger partial charge in [-0.05, 0) is 36.8 Å². The third-order valence-electron chi connectivity index (χ3n) is 5.17. The molecule has 4 aliphatic rings. The zero-order valence-corrected chi connectivity index (χ0v) is 12.1. The highest BCUT2D eigenvalue weighted by molar-refractivity contribution is 6.22. The third-order valence-corrected chi connectivity index (χ3v) is 5.17. The van der Waals surface area contributed by atoms with Gasteiger partial charge in [-0.25, -0.2) is 4.90 Å². The molecule has 1 saturated carbocycles. The van der Waals surface area contributed by atoms with Crippen molar-refractivity contribution in [3.05, 3.63) is 40.5 Å². The van der Waals surface area contributed by atoms with E-state index in [0.717, 1.165) is 29.9 Å². The average Bonchev–Trinajstić information content (AvgIpc) is 2.83. The third kappa shape index (κ3) is 1.82. The van der Waals surface area contributed by atoms with E-state index in [1.54, 1.807) is 0 Å². The van der Waals surface area contributed by atoms with E-state index in [1.165, 1.54) is 6.07 Å². The highest BCUT2D eigenvalue weighted by Gasteiger charge is 2.57. The number of aromatic hydroxyl groups is 1. The predicted octanol–water partition coefficient (Wildman–Crippen LogP) is 2.00. The van der Waals surface area contributed by atoms with Gasteiger partial charge >= 0.3 is 5.69 Å². The lowest BCUT2D eigenvalue weighted by molar-refractivity contribution is -0.385. The van der Waals surface area contributed by atoms with Crippen molar-refractivity contribution in [2.45, 2.75) is 12.8 Å². The molecule has 7 heteroatoms. The van der Waals surface area contributed by atoms with E-state index < -0.39 is 16.4 Å². The molecule has 0 aromatic heterocycles. The SMILES string of the molecule is O=C1C2C3C=CC(CC3)C2C(=O)N1c1ccc(O)c([N+](=O)[O-])c1. The fourth-order valence-electron chi connectivity index (χ4n) is 4.13. The molecule has 5 rings (SSSR count). The van der Waals surface area contributed by atoms with E-state index >= 15 is 0 Å². The molecule has 1 N–H and O–H groups in total. The van der Waals surface area contributed by atoms with Gasteiger partial charge in [0.1, 0.15) is 0 Å². The van der Waals surface area contributed by atoms with Gasteiger partial charge in [0.05, 0.1) is 22.4 Å². The minimum atomic E-state index is -0.734. The van der Waals surface area contributed by atoms with Gasteiger partial charge in [-0.1, -0.05) is 12.2 Å². The van der Waals surface area contributed by atoms with Gasteiger partial charge in [-0.3, -0.25) is 19.7 Å². The fraction of sp³-hybridized carbons (Fsp3) is 0.375. The van der Waals surface area contributed by atoms with E-state index in [9.17, 15) is 24.8 Å². The van der Waals surface area contributed by atoms with Crippen molar-refractivity contribution in [3.8, 4) is 5.75 Å². The van der Waals surface area contributed by atoms with Crippen molar-refractivity contribution in [3.63, 3.8) is 0 Å². The lowest BCUT2D eigenvalue weighted by Gasteiger charge is -2.38. The van der Waals surface area contributed by atoms with Gasteiger partial charge in [-0.2, -0.15) is 0 Å². The summed E-state index contributed by atoms with van der Waals surface area (Å²) in [4.78, 5) is 36.8. The van der Waals surface area contributed by atoms with Crippen molar-refractivity contribution in [2.75, 3.05) is 4.90 Å². The van der Waals surface area contributed by atoms with Gasteiger partial charge in [-0.15, -0.1) is 0 Å². The monoisotopic (exact) mass is 314 g/mol. The Labute approximate surface area is 131 Å². The first-order valence-corrected chi connectivity index (χ1v) is 7.52. The van der Waals surface area contributed by atoms with E-state index in [1.807, 2.05) is 12.2 Å². The topological polar surface area (TPSA) is 101 Å². The molecule has 7 nitrogen and oxygen atoms in total. The molecule has 3 aliphatic carbocycles. The minimum Gasteiger partial charge on any atom is -0.502 e. The number of carbonyl (C=O) groups excluding carboxylic acids is 2. The van der Waals surface area contributed by atoms with E-state index in [2.05, 4.69) is 0 Å². The van der Waals surface area contributed by atoms with Gasteiger partial charge in [0.15, 0.2) is 5.75 Å². The number of anilines is 1. The summed E-state index contributed by atoms with van der Waals surface area (Å²) in [5, 5.41) is 20.5. The zero-order chi connectivity index (χ0) is 16.3. The second-order valence-corrected chi connectivity index (χ2v) is 6.28. The average molecular weight is 314 g/mol. The van der Waals surface area contributed by atoms with Crippen molar-refractivity contribution >= 4 is 23.2 Å². The maximum Gasteiger partial charge on any atom is 0.312 e. The number of amides is 2. The van der Waals surface area contributed by atoms with Gasteiger partial charge < -0.3 is 5.11 Å². The van der Waals surface area contributed by atoms with Crippen molar-refractivity contribution < 1.29 is 19.6 Å². The Bertz CT molecular complexity index is 740. The molecule has 1 aliphatic heterocycles. The van der Waals surface area contributed by atoms with Crippen LogP contribution in [0.15, 0.2) is 30.4 Å². The molecule has 2 fully saturated rings. The standard InChI is InChI=1S/C16H14N2O5/c19-12-6-5-10(7-11(12)18(22)23)17-15(20)13-8-1-2-9(4-3-8)14(13)16(17)21/h1-2,5-9,13-14,19H,3-4H2. The number of hydrogen-bond acceptors (Lipinski definition) is 5. The number of hydrogen-bond donors (Lipinski definition) is 1. The van der Waals surface area contributed by atoms with Crippen molar-refractivity contribution in [1.29, 1.82) is 0 Å². The number of fused-ring (bicyclic) bond motifs is 1. The zero-order valence-electron chi connectivity index (χ0n) is 12.1. The van der Waals surface area contributed by atoms with E-state index in [4.69, 9.17) is 0 Å². The van der Waals surface area contributed by atoms with Crippen LogP contribution in [0.5, 0.6) is 5.75 Å². The van der Waals surface area contributed by atoms with E-state index in [0.29, 0.717) is 0 Å². The Morgan fingerprint density at radius 3 is 2.13 bits per heavy atom. The molecular weight excluding hydrogens is 300 g/mol. The van der Waals surface area contributed by atoms with Crippen LogP contribution in [0.25, 0.3) is 0 Å². The first kappa shape index (κ1) is 13.9. The first-order valence-electron chi connectivity index (χ1n) is 7.52. The highest BCUT2D eigenvalue weighted by Crippen LogP contribution is 2.50. The van der Waals surface area contributed by atoms with Crippen LogP contribution in [0.1, 0.15) is 12.8 Å². The lowest BCUT2D eigenvalue weighted by atomic mass is 9.63. The van der Waals surface area contributed by atoms with E-state index in [-0.39, 0.29) is 41.2 Å². The normalized spacial score (nSPS) is 31.6. The number of carbonyl (C=O) groups is 2. The molecule has 0 radical (unpaired) electrons. The predicted molar refractivity (Wildman–Crippen MR) is 79.6 cm³/mol. The molecule has 1 aromatic carbocycles. The summed E-state index contributed by atoms with van der Waals surface area (Å²) in [7, 11) is 0. The summed E-state index contributed by atoms with van der Waals surface area (Å²) in [5.74, 6) is -1.66. The number of phenols is 1. The molecular formula is C16H14N2O5. The quantitative estimate of drug-likeness (QED) is 0.389. The molecule has 0 spiro atoms. The Morgan fingerprint density at radius 2 is 1.65 bits per heavy atom. The Morgan fingerprint density at radius 1 is 1.09 bits per heavy atom. The summed E-state index contributed by atoms with van der Waals surface area (Å²) >= 11 is 0. The molecule has 1 aromatic rings. The molecule has 2 amide bonds. The number of nitrogens with zero attached hydrogens (tertiary/aromatic N) is 2. The maximum absolute atomic E-state index is 12.7. The first-order chi connectivity index (χ1) is 11.0. The van der Waals surface area contributed by atoms with Gasteiger partial charge in [0.25, 0.3) is 0 Å². The lowest BCUT2D eigenvalue weighted by Crippen LogP contribution is -2.38. The number of phenolic OH excluding ortho intramolecular Hbond substituents is 1. The van der Waals surface area contributed by atoms with Crippen LogP contribution >= 0.6 is 0 Å². The Balaban J connectivity index is 1.76. The summed E-state index contributed by atoms with van der Waals surface area (Å²) in [6.45, 7) is 0. The van der Waals surface area contributed by atoms with Crippen LogP contribution in [0, 0.1) is 33.8 Å². The van der Waals surface area contributed by atoms with Crippen LogP contribution < -0.4 is 4.90 Å². The summed E-state index contributed by atoms with van der Waals surface area (Å²) < 4.78 is 0. The highest BCUT2D eigenvalue weighted by atomic mass is 16.6. The van der Waals surface area contributed by atoms with Crippen LogP contribution in [-0.4, -0.2) is 21.8 Å². The second kappa shape index (κ2) is 4.65. The summed E-state index contributed by atoms with van der Waals surface area (Å²) in [6, 6.07) is 3.59. The number of benzene rings is 1. The Hall–Kier alpha value is -2.70. The number of imide groups is 1. The summed E-state index contributed by atoms with van der Waals surface area (Å²) in [6.07, 6.45) is 5.82. The molecule has 4 atom stereocenters.